The van der Waals surface area contributed by atoms with Crippen molar-refractivity contribution in [2.75, 3.05) is 31.4 Å². The summed E-state index contributed by atoms with van der Waals surface area (Å²) in [6, 6.07) is 9.94. The molecule has 0 aromatic heterocycles. The van der Waals surface area contributed by atoms with Gasteiger partial charge in [-0.3, -0.25) is 4.79 Å². The maximum Gasteiger partial charge on any atom is 0.422 e. The van der Waals surface area contributed by atoms with E-state index in [1.165, 1.54) is 55.7 Å². The lowest BCUT2D eigenvalue weighted by molar-refractivity contribution is -0.153. The van der Waals surface area contributed by atoms with Gasteiger partial charge >= 0.3 is 6.18 Å². The molecule has 192 valence electrons. The van der Waals surface area contributed by atoms with Crippen LogP contribution in [0.4, 0.5) is 18.9 Å². The van der Waals surface area contributed by atoms with E-state index in [-0.39, 0.29) is 28.9 Å². The molecule has 0 spiro atoms. The number of nitrogens with one attached hydrogen (secondary N) is 1. The van der Waals surface area contributed by atoms with E-state index in [2.05, 4.69) is 5.32 Å². The number of carbonyl (C=O) groups excluding carboxylic acids is 1. The number of amides is 1. The number of sulfone groups is 1. The summed E-state index contributed by atoms with van der Waals surface area (Å²) in [4.78, 5) is 12.3. The van der Waals surface area contributed by atoms with Crippen LogP contribution in [0.3, 0.4) is 0 Å². The van der Waals surface area contributed by atoms with Crippen LogP contribution in [-0.4, -0.2) is 51.7 Å². The summed E-state index contributed by atoms with van der Waals surface area (Å²) >= 11 is 0. The topological polar surface area (TPSA) is 102 Å². The van der Waals surface area contributed by atoms with Gasteiger partial charge in [0.1, 0.15) is 16.4 Å². The predicted octanol–water partition coefficient (Wildman–Crippen LogP) is 4.33. The van der Waals surface area contributed by atoms with Gasteiger partial charge in [-0.05, 0) is 35.7 Å². The molecule has 0 radical (unpaired) electrons. The molecule has 1 atom stereocenters. The average molecular weight is 516 g/mol. The van der Waals surface area contributed by atoms with E-state index in [4.69, 9.17) is 9.47 Å². The molecule has 2 N–H and O–H groups in total. The molecule has 2 rings (SSSR count). The first-order valence-electron chi connectivity index (χ1n) is 10.6. The number of methoxy groups -OCH3 is 1. The van der Waals surface area contributed by atoms with Crippen molar-refractivity contribution in [3.05, 3.63) is 54.1 Å². The van der Waals surface area contributed by atoms with Crippen molar-refractivity contribution < 1.29 is 41.0 Å². The Hall–Kier alpha value is -3.05. The Morgan fingerprint density at radius 2 is 1.89 bits per heavy atom. The Balaban J connectivity index is 2.13. The van der Waals surface area contributed by atoms with E-state index in [9.17, 15) is 31.5 Å². The first-order valence-corrected chi connectivity index (χ1v) is 12.3. The van der Waals surface area contributed by atoms with Gasteiger partial charge in [0.05, 0.1) is 25.4 Å². The number of rotatable bonds is 11. The van der Waals surface area contributed by atoms with Crippen LogP contribution in [0.5, 0.6) is 11.5 Å². The maximum atomic E-state index is 12.9. The Bertz CT molecular complexity index is 1150. The third-order valence-electron chi connectivity index (χ3n) is 4.99. The zero-order valence-electron chi connectivity index (χ0n) is 19.5. The molecule has 2 aromatic carbocycles. The van der Waals surface area contributed by atoms with Gasteiger partial charge in [0.25, 0.3) is 0 Å². The molecule has 0 saturated carbocycles. The lowest BCUT2D eigenvalue weighted by Gasteiger charge is -2.18. The summed E-state index contributed by atoms with van der Waals surface area (Å²) in [6.45, 7) is 1.85. The lowest BCUT2D eigenvalue weighted by atomic mass is 9.96. The number of alkyl halides is 3. The highest BCUT2D eigenvalue weighted by molar-refractivity contribution is 7.91. The molecule has 35 heavy (non-hydrogen) atoms. The van der Waals surface area contributed by atoms with Gasteiger partial charge in [0.15, 0.2) is 16.4 Å². The summed E-state index contributed by atoms with van der Waals surface area (Å²) in [6.07, 6.45) is -1.64. The molecule has 0 bridgehead atoms. The van der Waals surface area contributed by atoms with Crippen molar-refractivity contribution in [2.45, 2.75) is 24.9 Å². The molecule has 0 fully saturated rings. The van der Waals surface area contributed by atoms with E-state index in [1.54, 1.807) is 19.9 Å². The number of halogens is 3. The number of aliphatic hydroxyl groups excluding tert-OH is 1. The third-order valence-corrected chi connectivity index (χ3v) is 6.63. The van der Waals surface area contributed by atoms with Gasteiger partial charge in [-0.15, -0.1) is 0 Å². The van der Waals surface area contributed by atoms with Crippen LogP contribution in [0.1, 0.15) is 19.4 Å². The number of carbonyl (C=O) groups is 1. The third kappa shape index (κ3) is 8.59. The van der Waals surface area contributed by atoms with Crippen molar-refractivity contribution >= 4 is 27.5 Å². The lowest BCUT2D eigenvalue weighted by Crippen LogP contribution is -2.29. The fraction of sp³-hybridized carbons (Fsp3) is 0.375. The van der Waals surface area contributed by atoms with Crippen LogP contribution in [-0.2, 0) is 14.6 Å². The number of hydrogen-bond acceptors (Lipinski definition) is 6. The average Bonchev–Trinajstić information content (AvgIpc) is 2.77. The van der Waals surface area contributed by atoms with Gasteiger partial charge in [-0.2, -0.15) is 13.2 Å². The molecule has 11 heteroatoms. The van der Waals surface area contributed by atoms with E-state index >= 15 is 0 Å². The van der Waals surface area contributed by atoms with Crippen LogP contribution >= 0.6 is 0 Å². The highest BCUT2D eigenvalue weighted by Gasteiger charge is 2.28. The maximum absolute atomic E-state index is 12.9. The van der Waals surface area contributed by atoms with Gasteiger partial charge < -0.3 is 19.9 Å². The molecule has 1 amide bonds. The smallest absolute Gasteiger partial charge is 0.422 e. The molecular weight excluding hydrogens is 487 g/mol. The number of ether oxygens (including phenoxy) is 2. The van der Waals surface area contributed by atoms with Crippen LogP contribution < -0.4 is 14.8 Å². The summed E-state index contributed by atoms with van der Waals surface area (Å²) in [7, 11) is -2.54. The number of hydrogen-bond donors (Lipinski definition) is 2. The Morgan fingerprint density at radius 3 is 2.49 bits per heavy atom. The molecule has 0 aliphatic rings. The van der Waals surface area contributed by atoms with Crippen molar-refractivity contribution in [2.24, 2.45) is 11.8 Å². The molecule has 0 aliphatic carbocycles. The zero-order chi connectivity index (χ0) is 26.2. The largest absolute Gasteiger partial charge is 0.495 e. The van der Waals surface area contributed by atoms with E-state index < -0.39 is 40.2 Å². The molecule has 7 nitrogen and oxygen atoms in total. The quantitative estimate of drug-likeness (QED) is 0.462. The SMILES string of the molecule is COc1cc(NC(=O)[C@@H](CO)C(C)C)ccc1S(=O)(=O)C/C=C/c1cccc(OCC(F)(F)F)c1. The second-order valence-electron chi connectivity index (χ2n) is 8.05. The summed E-state index contributed by atoms with van der Waals surface area (Å²) in [5, 5.41) is 12.1. The van der Waals surface area contributed by atoms with Gasteiger partial charge in [-0.25, -0.2) is 8.42 Å². The minimum atomic E-state index is -4.47. The molecule has 0 heterocycles. The van der Waals surface area contributed by atoms with E-state index in [0.717, 1.165) is 0 Å². The fourth-order valence-corrected chi connectivity index (χ4v) is 4.36. The van der Waals surface area contributed by atoms with Crippen LogP contribution in [0.25, 0.3) is 6.08 Å². The summed E-state index contributed by atoms with van der Waals surface area (Å²) < 4.78 is 72.6. The second-order valence-corrected chi connectivity index (χ2v) is 10.1. The van der Waals surface area contributed by atoms with Crippen molar-refractivity contribution in [1.82, 2.24) is 0 Å². The minimum Gasteiger partial charge on any atom is -0.495 e. The highest BCUT2D eigenvalue weighted by atomic mass is 32.2. The highest BCUT2D eigenvalue weighted by Crippen LogP contribution is 2.29. The molecular formula is C24H28F3NO6S. The first-order chi connectivity index (χ1) is 16.4. The van der Waals surface area contributed by atoms with Gasteiger partial charge in [0.2, 0.25) is 5.91 Å². The molecule has 0 unspecified atom stereocenters. The summed E-state index contributed by atoms with van der Waals surface area (Å²) in [5.41, 5.74) is 0.782. The standard InChI is InChI=1S/C24H28F3NO6S/c1-16(2)20(14-29)23(30)28-18-9-10-22(21(13-18)33-3)35(31,32)11-5-7-17-6-4-8-19(12-17)34-15-24(25,26)27/h4-10,12-13,16,20,29H,11,14-15H2,1-3H3,(H,28,30)/b7-5+/t20-/m0/s1. The monoisotopic (exact) mass is 515 g/mol. The molecule has 2 aromatic rings. The van der Waals surface area contributed by atoms with Crippen LogP contribution in [0, 0.1) is 11.8 Å². The van der Waals surface area contributed by atoms with Crippen molar-refractivity contribution in [1.29, 1.82) is 0 Å². The fourth-order valence-electron chi connectivity index (χ4n) is 3.11. The van der Waals surface area contributed by atoms with Gasteiger partial charge in [-0.1, -0.05) is 38.1 Å². The second kappa shape index (κ2) is 12.1. The predicted molar refractivity (Wildman–Crippen MR) is 126 cm³/mol. The Morgan fingerprint density at radius 1 is 1.17 bits per heavy atom. The Kier molecular flexibility index (Phi) is 9.73. The van der Waals surface area contributed by atoms with E-state index in [1.807, 2.05) is 0 Å². The van der Waals surface area contributed by atoms with E-state index in [0.29, 0.717) is 11.3 Å². The normalized spacial score (nSPS) is 13.1. The zero-order valence-corrected chi connectivity index (χ0v) is 20.3. The van der Waals surface area contributed by atoms with Crippen LogP contribution in [0.15, 0.2) is 53.4 Å². The number of anilines is 1. The van der Waals surface area contributed by atoms with Crippen molar-refractivity contribution in [3.8, 4) is 11.5 Å². The first kappa shape index (κ1) is 28.2. The minimum absolute atomic E-state index is 0.00698. The molecule has 0 saturated heterocycles. The number of aliphatic hydroxyl groups is 1. The van der Waals surface area contributed by atoms with Crippen LogP contribution in [0.2, 0.25) is 0 Å². The number of benzene rings is 2. The Labute approximate surface area is 202 Å². The molecule has 0 aliphatic heterocycles. The summed E-state index contributed by atoms with van der Waals surface area (Å²) in [5.74, 6) is -1.47. The van der Waals surface area contributed by atoms with Gasteiger partial charge in [0, 0.05) is 11.8 Å². The van der Waals surface area contributed by atoms with Crippen molar-refractivity contribution in [3.63, 3.8) is 0 Å².